The van der Waals surface area contributed by atoms with Crippen LogP contribution in [0.4, 0.5) is 0 Å². The molecule has 0 amide bonds. The molecule has 0 spiro atoms. The first-order valence-electron chi connectivity index (χ1n) is 7.03. The van der Waals surface area contributed by atoms with E-state index in [9.17, 15) is 10.2 Å². The van der Waals surface area contributed by atoms with Crippen molar-refractivity contribution in [3.05, 3.63) is 35.7 Å². The standard InChI is InChI=1S/C15H23N3O2/c1-3-4-13(18-7-5-16-6-8-18)14-12(10-19)9-17-11(2)15(14)20/h3,9,13,16,19-20H,1,4-8,10H2,2H3/t13-/m1/s1. The molecule has 20 heavy (non-hydrogen) atoms. The third-order valence-corrected chi connectivity index (χ3v) is 3.84. The number of aryl methyl sites for hydroxylation is 1. The van der Waals surface area contributed by atoms with E-state index in [1.807, 2.05) is 6.08 Å². The van der Waals surface area contributed by atoms with Gasteiger partial charge in [-0.1, -0.05) is 6.08 Å². The molecule has 2 rings (SSSR count). The van der Waals surface area contributed by atoms with Crippen molar-refractivity contribution >= 4 is 0 Å². The molecule has 5 nitrogen and oxygen atoms in total. The van der Waals surface area contributed by atoms with E-state index in [1.54, 1.807) is 13.1 Å². The number of nitrogens with zero attached hydrogens (tertiary/aromatic N) is 2. The Hall–Kier alpha value is -1.43. The van der Waals surface area contributed by atoms with Gasteiger partial charge in [-0.05, 0) is 13.3 Å². The monoisotopic (exact) mass is 277 g/mol. The number of aromatic hydroxyl groups is 1. The highest BCUT2D eigenvalue weighted by molar-refractivity contribution is 5.43. The molecule has 0 bridgehead atoms. The van der Waals surface area contributed by atoms with E-state index in [-0.39, 0.29) is 18.4 Å². The van der Waals surface area contributed by atoms with Gasteiger partial charge in [-0.2, -0.15) is 0 Å². The number of nitrogens with one attached hydrogen (secondary N) is 1. The highest BCUT2D eigenvalue weighted by Crippen LogP contribution is 2.35. The second-order valence-corrected chi connectivity index (χ2v) is 5.12. The quantitative estimate of drug-likeness (QED) is 0.704. The van der Waals surface area contributed by atoms with Gasteiger partial charge in [0.25, 0.3) is 0 Å². The summed E-state index contributed by atoms with van der Waals surface area (Å²) in [5, 5.41) is 23.3. The van der Waals surface area contributed by atoms with Crippen LogP contribution in [0.25, 0.3) is 0 Å². The Kier molecular flexibility index (Phi) is 5.11. The van der Waals surface area contributed by atoms with E-state index < -0.39 is 0 Å². The highest BCUT2D eigenvalue weighted by Gasteiger charge is 2.26. The summed E-state index contributed by atoms with van der Waals surface area (Å²) in [6.45, 7) is 9.21. The maximum atomic E-state index is 10.4. The summed E-state index contributed by atoms with van der Waals surface area (Å²) in [5.74, 6) is 0.196. The van der Waals surface area contributed by atoms with Crippen LogP contribution in [0.15, 0.2) is 18.9 Å². The first-order chi connectivity index (χ1) is 9.69. The molecule has 1 atom stereocenters. The van der Waals surface area contributed by atoms with Crippen molar-refractivity contribution in [2.75, 3.05) is 26.2 Å². The van der Waals surface area contributed by atoms with E-state index >= 15 is 0 Å². The summed E-state index contributed by atoms with van der Waals surface area (Å²) in [4.78, 5) is 6.46. The lowest BCUT2D eigenvalue weighted by Crippen LogP contribution is -2.45. The van der Waals surface area contributed by atoms with Crippen LogP contribution in [-0.4, -0.2) is 46.3 Å². The average molecular weight is 277 g/mol. The molecule has 0 radical (unpaired) electrons. The summed E-state index contributed by atoms with van der Waals surface area (Å²) in [6.07, 6.45) is 4.26. The minimum absolute atomic E-state index is 0.0402. The van der Waals surface area contributed by atoms with Crippen LogP contribution in [-0.2, 0) is 6.61 Å². The molecule has 1 saturated heterocycles. The number of hydrogen-bond donors (Lipinski definition) is 3. The van der Waals surface area contributed by atoms with E-state index in [1.165, 1.54) is 0 Å². The summed E-state index contributed by atoms with van der Waals surface area (Å²) in [6, 6.07) is 0.0402. The van der Waals surface area contributed by atoms with Gasteiger partial charge < -0.3 is 15.5 Å². The number of hydrogen-bond acceptors (Lipinski definition) is 5. The zero-order valence-electron chi connectivity index (χ0n) is 12.0. The predicted molar refractivity (Wildman–Crippen MR) is 78.6 cm³/mol. The first kappa shape index (κ1) is 15.0. The second-order valence-electron chi connectivity index (χ2n) is 5.12. The third-order valence-electron chi connectivity index (χ3n) is 3.84. The molecule has 5 heteroatoms. The van der Waals surface area contributed by atoms with Gasteiger partial charge >= 0.3 is 0 Å². The van der Waals surface area contributed by atoms with E-state index in [0.717, 1.165) is 38.2 Å². The minimum atomic E-state index is -0.115. The van der Waals surface area contributed by atoms with Crippen LogP contribution in [0.1, 0.15) is 29.3 Å². The van der Waals surface area contributed by atoms with Crippen LogP contribution < -0.4 is 5.32 Å². The lowest BCUT2D eigenvalue weighted by molar-refractivity contribution is 0.168. The largest absolute Gasteiger partial charge is 0.506 e. The molecule has 1 fully saturated rings. The van der Waals surface area contributed by atoms with E-state index in [0.29, 0.717) is 11.3 Å². The van der Waals surface area contributed by atoms with Crippen LogP contribution in [0.2, 0.25) is 0 Å². The van der Waals surface area contributed by atoms with Crippen LogP contribution in [0, 0.1) is 6.92 Å². The first-order valence-corrected chi connectivity index (χ1v) is 7.03. The lowest BCUT2D eigenvalue weighted by Gasteiger charge is -2.36. The molecule has 1 aromatic heterocycles. The zero-order chi connectivity index (χ0) is 14.5. The molecule has 2 heterocycles. The topological polar surface area (TPSA) is 68.6 Å². The van der Waals surface area contributed by atoms with Crippen LogP contribution in [0.5, 0.6) is 5.75 Å². The number of aromatic nitrogens is 1. The highest BCUT2D eigenvalue weighted by atomic mass is 16.3. The van der Waals surface area contributed by atoms with Gasteiger partial charge in [0.15, 0.2) is 0 Å². The molecule has 1 aromatic rings. The SMILES string of the molecule is C=CC[C@H](c1c(CO)cnc(C)c1O)N1CCNCC1. The summed E-state index contributed by atoms with van der Waals surface area (Å²) in [5.41, 5.74) is 2.08. The fourth-order valence-electron chi connectivity index (χ4n) is 2.75. The molecule has 1 aliphatic rings. The number of pyridine rings is 1. The number of aliphatic hydroxyl groups is 1. The average Bonchev–Trinajstić information content (AvgIpc) is 2.49. The normalized spacial score (nSPS) is 17.9. The predicted octanol–water partition coefficient (Wildman–Crippen LogP) is 1.11. The summed E-state index contributed by atoms with van der Waals surface area (Å²) >= 11 is 0. The van der Waals surface area contributed by atoms with Gasteiger partial charge in [-0.15, -0.1) is 6.58 Å². The Bertz CT molecular complexity index is 470. The van der Waals surface area contributed by atoms with Crippen molar-refractivity contribution in [1.82, 2.24) is 15.2 Å². The molecule has 0 aromatic carbocycles. The molecule has 0 saturated carbocycles. The fourth-order valence-corrected chi connectivity index (χ4v) is 2.75. The van der Waals surface area contributed by atoms with Gasteiger partial charge in [0, 0.05) is 49.5 Å². The Morgan fingerprint density at radius 2 is 2.20 bits per heavy atom. The lowest BCUT2D eigenvalue weighted by atomic mass is 9.95. The van der Waals surface area contributed by atoms with E-state index in [2.05, 4.69) is 21.8 Å². The maximum Gasteiger partial charge on any atom is 0.141 e. The molecular formula is C15H23N3O2. The molecule has 3 N–H and O–H groups in total. The van der Waals surface area contributed by atoms with Crippen molar-refractivity contribution in [1.29, 1.82) is 0 Å². The summed E-state index contributed by atoms with van der Waals surface area (Å²) < 4.78 is 0. The van der Waals surface area contributed by atoms with Gasteiger partial charge in [-0.25, -0.2) is 0 Å². The minimum Gasteiger partial charge on any atom is -0.506 e. The second kappa shape index (κ2) is 6.83. The van der Waals surface area contributed by atoms with Gasteiger partial charge in [-0.3, -0.25) is 9.88 Å². The van der Waals surface area contributed by atoms with Gasteiger partial charge in [0.1, 0.15) is 5.75 Å². The molecule has 110 valence electrons. The van der Waals surface area contributed by atoms with Gasteiger partial charge in [0.2, 0.25) is 0 Å². The number of rotatable bonds is 5. The Morgan fingerprint density at radius 3 is 2.80 bits per heavy atom. The van der Waals surface area contributed by atoms with Crippen molar-refractivity contribution in [3.63, 3.8) is 0 Å². The molecule has 0 unspecified atom stereocenters. The van der Waals surface area contributed by atoms with Crippen molar-refractivity contribution in [2.45, 2.75) is 26.0 Å². The molecular weight excluding hydrogens is 254 g/mol. The van der Waals surface area contributed by atoms with E-state index in [4.69, 9.17) is 0 Å². The van der Waals surface area contributed by atoms with Crippen LogP contribution >= 0.6 is 0 Å². The number of piperazine rings is 1. The molecule has 0 aliphatic carbocycles. The van der Waals surface area contributed by atoms with Gasteiger partial charge in [0.05, 0.1) is 12.3 Å². The Balaban J connectivity index is 2.41. The summed E-state index contributed by atoms with van der Waals surface area (Å²) in [7, 11) is 0. The Labute approximate surface area is 120 Å². The number of aliphatic hydroxyl groups excluding tert-OH is 1. The fraction of sp³-hybridized carbons (Fsp3) is 0.533. The smallest absolute Gasteiger partial charge is 0.141 e. The third kappa shape index (κ3) is 3.00. The zero-order valence-corrected chi connectivity index (χ0v) is 12.0. The van der Waals surface area contributed by atoms with Crippen molar-refractivity contribution in [2.24, 2.45) is 0 Å². The molecule has 1 aliphatic heterocycles. The maximum absolute atomic E-state index is 10.4. The van der Waals surface area contributed by atoms with Crippen molar-refractivity contribution < 1.29 is 10.2 Å². The van der Waals surface area contributed by atoms with Crippen molar-refractivity contribution in [3.8, 4) is 5.75 Å². The van der Waals surface area contributed by atoms with Crippen LogP contribution in [0.3, 0.4) is 0 Å². The Morgan fingerprint density at radius 1 is 1.50 bits per heavy atom.